The Morgan fingerprint density at radius 2 is 1.15 bits per heavy atom. The first kappa shape index (κ1) is 25.3. The number of ketones is 1. The molecule has 2 bridgehead atoms. The fourth-order valence-electron chi connectivity index (χ4n) is 7.53. The summed E-state index contributed by atoms with van der Waals surface area (Å²) in [4.78, 5) is 43.9. The monoisotopic (exact) mass is 529 g/mol. The summed E-state index contributed by atoms with van der Waals surface area (Å²) in [6, 6.07) is 23.2. The predicted molar refractivity (Wildman–Crippen MR) is 141 cm³/mol. The summed E-state index contributed by atoms with van der Waals surface area (Å²) in [5, 5.41) is 0. The van der Waals surface area contributed by atoms with E-state index in [0.29, 0.717) is 0 Å². The summed E-state index contributed by atoms with van der Waals surface area (Å²) in [7, 11) is 0. The summed E-state index contributed by atoms with van der Waals surface area (Å²) in [6.45, 7) is 3.70. The van der Waals surface area contributed by atoms with Crippen LogP contribution in [-0.2, 0) is 20.6 Å². The molecule has 3 aromatic carbocycles. The third-order valence-corrected chi connectivity index (χ3v) is 8.99. The topological polar surface area (TPSA) is 54.5 Å². The normalized spacial score (nSPS) is 28.0. The van der Waals surface area contributed by atoms with E-state index in [4.69, 9.17) is 0 Å². The van der Waals surface area contributed by atoms with E-state index in [1.54, 1.807) is 0 Å². The molecule has 0 aromatic heterocycles. The lowest BCUT2D eigenvalue weighted by atomic mass is 9.60. The highest BCUT2D eigenvalue weighted by Gasteiger charge is 2.80. The highest BCUT2D eigenvalue weighted by atomic mass is 19.4. The maximum Gasteiger partial charge on any atom is 0.416 e. The summed E-state index contributed by atoms with van der Waals surface area (Å²) >= 11 is 0. The van der Waals surface area contributed by atoms with Crippen LogP contribution in [0.15, 0.2) is 84.9 Å². The Bertz CT molecular complexity index is 1460. The molecule has 0 unspecified atom stereocenters. The van der Waals surface area contributed by atoms with Crippen molar-refractivity contribution < 1.29 is 27.6 Å². The zero-order valence-corrected chi connectivity index (χ0v) is 21.5. The summed E-state index contributed by atoms with van der Waals surface area (Å²) in [6.07, 6.45) is -4.07. The number of hydrogen-bond donors (Lipinski definition) is 0. The molecule has 4 nitrogen and oxygen atoms in total. The number of benzene rings is 3. The van der Waals surface area contributed by atoms with Crippen molar-refractivity contribution in [2.75, 3.05) is 4.90 Å². The first-order valence-corrected chi connectivity index (χ1v) is 13.1. The van der Waals surface area contributed by atoms with Crippen molar-refractivity contribution in [1.82, 2.24) is 0 Å². The lowest BCUT2D eigenvalue weighted by Gasteiger charge is -2.38. The van der Waals surface area contributed by atoms with Gasteiger partial charge in [-0.25, -0.2) is 4.90 Å². The van der Waals surface area contributed by atoms with Crippen LogP contribution in [0.5, 0.6) is 0 Å². The van der Waals surface area contributed by atoms with E-state index < -0.39 is 46.2 Å². The molecule has 0 N–H and O–H groups in total. The largest absolute Gasteiger partial charge is 0.416 e. The standard InChI is InChI=1S/C32H26F3NO3/c1-3-30-23(19-12-7-5-8-13-19)24(20-14-9-6-10-15-20)31(4-2,29(30)39)26-25(30)27(37)36(28(26)38)22-17-11-16-21(18-22)32(33,34)35/h5-18,25-26H,3-4H2,1-2H3/t25-,26-,30-,31-/m0/s1. The molecule has 1 saturated carbocycles. The van der Waals surface area contributed by atoms with Gasteiger partial charge in [0.1, 0.15) is 0 Å². The van der Waals surface area contributed by atoms with Gasteiger partial charge < -0.3 is 0 Å². The first-order valence-electron chi connectivity index (χ1n) is 13.1. The van der Waals surface area contributed by atoms with Gasteiger partial charge in [0.2, 0.25) is 11.8 Å². The Kier molecular flexibility index (Phi) is 5.51. The van der Waals surface area contributed by atoms with Gasteiger partial charge in [-0.1, -0.05) is 80.6 Å². The van der Waals surface area contributed by atoms with Gasteiger partial charge in [-0.3, -0.25) is 14.4 Å². The highest BCUT2D eigenvalue weighted by molar-refractivity contribution is 6.34. The van der Waals surface area contributed by atoms with E-state index in [9.17, 15) is 27.6 Å². The van der Waals surface area contributed by atoms with Crippen molar-refractivity contribution in [3.05, 3.63) is 102 Å². The Labute approximate surface area is 224 Å². The number of imide groups is 1. The number of amides is 2. The summed E-state index contributed by atoms with van der Waals surface area (Å²) < 4.78 is 40.6. The number of carbonyl (C=O) groups is 3. The molecule has 0 radical (unpaired) electrons. The van der Waals surface area contributed by atoms with Gasteiger partial charge in [-0.05, 0) is 53.3 Å². The number of fused-ring (bicyclic) bond motifs is 5. The minimum Gasteiger partial charge on any atom is -0.298 e. The molecule has 4 atom stereocenters. The van der Waals surface area contributed by atoms with Crippen LogP contribution in [0.3, 0.4) is 0 Å². The van der Waals surface area contributed by atoms with Crippen molar-refractivity contribution in [3.63, 3.8) is 0 Å². The fourth-order valence-corrected chi connectivity index (χ4v) is 7.53. The molecule has 2 fully saturated rings. The average Bonchev–Trinajstić information content (AvgIpc) is 3.44. The maximum atomic E-state index is 14.7. The van der Waals surface area contributed by atoms with Gasteiger partial charge in [0, 0.05) is 0 Å². The third-order valence-electron chi connectivity index (χ3n) is 8.99. The second kappa shape index (κ2) is 8.50. The van der Waals surface area contributed by atoms with Gasteiger partial charge in [-0.15, -0.1) is 0 Å². The van der Waals surface area contributed by atoms with Crippen molar-refractivity contribution in [2.24, 2.45) is 22.7 Å². The molecule has 1 aliphatic heterocycles. The Morgan fingerprint density at radius 1 is 0.692 bits per heavy atom. The van der Waals surface area contributed by atoms with Gasteiger partial charge in [-0.2, -0.15) is 13.2 Å². The number of hydrogen-bond acceptors (Lipinski definition) is 3. The van der Waals surface area contributed by atoms with Crippen LogP contribution >= 0.6 is 0 Å². The molecule has 1 heterocycles. The van der Waals surface area contributed by atoms with Crippen LogP contribution in [-0.4, -0.2) is 17.6 Å². The van der Waals surface area contributed by atoms with Crippen LogP contribution in [0.25, 0.3) is 11.1 Å². The smallest absolute Gasteiger partial charge is 0.298 e. The quantitative estimate of drug-likeness (QED) is 0.341. The van der Waals surface area contributed by atoms with Crippen LogP contribution in [0.1, 0.15) is 43.4 Å². The van der Waals surface area contributed by atoms with Gasteiger partial charge >= 0.3 is 6.18 Å². The fraction of sp³-hybridized carbons (Fsp3) is 0.281. The van der Waals surface area contributed by atoms with Gasteiger partial charge in [0.15, 0.2) is 5.78 Å². The highest BCUT2D eigenvalue weighted by Crippen LogP contribution is 2.75. The van der Waals surface area contributed by atoms with Crippen molar-refractivity contribution in [2.45, 2.75) is 32.9 Å². The summed E-state index contributed by atoms with van der Waals surface area (Å²) in [5.41, 5.74) is -0.529. The average molecular weight is 530 g/mol. The molecule has 2 aliphatic carbocycles. The van der Waals surface area contributed by atoms with Crippen LogP contribution < -0.4 is 4.90 Å². The maximum absolute atomic E-state index is 14.7. The molecule has 6 rings (SSSR count). The van der Waals surface area contributed by atoms with Gasteiger partial charge in [0.05, 0.1) is 33.9 Å². The molecule has 39 heavy (non-hydrogen) atoms. The van der Waals surface area contributed by atoms with Crippen molar-refractivity contribution >= 4 is 34.4 Å². The number of alkyl halides is 3. The molecule has 0 spiro atoms. The first-order chi connectivity index (χ1) is 18.6. The van der Waals surface area contributed by atoms with E-state index in [-0.39, 0.29) is 24.3 Å². The zero-order valence-electron chi connectivity index (χ0n) is 21.5. The zero-order chi connectivity index (χ0) is 27.7. The van der Waals surface area contributed by atoms with E-state index in [2.05, 4.69) is 0 Å². The summed E-state index contributed by atoms with van der Waals surface area (Å²) in [5.74, 6) is -3.37. The van der Waals surface area contributed by atoms with Crippen LogP contribution in [0.4, 0.5) is 18.9 Å². The minimum absolute atomic E-state index is 0.124. The van der Waals surface area contributed by atoms with Crippen molar-refractivity contribution in [3.8, 4) is 0 Å². The number of rotatable bonds is 5. The lowest BCUT2D eigenvalue weighted by Crippen LogP contribution is -2.41. The van der Waals surface area contributed by atoms with E-state index in [1.807, 2.05) is 74.5 Å². The number of nitrogens with zero attached hydrogens (tertiary/aromatic N) is 1. The van der Waals surface area contributed by atoms with Crippen LogP contribution in [0.2, 0.25) is 0 Å². The SMILES string of the molecule is CC[C@]12C(=O)[C@@](CC)(C(c3ccccc3)=C1c1ccccc1)[C@@H]1C(=O)N(c3cccc(C(F)(F)F)c3)C(=O)[C@H]12. The molecule has 3 aliphatic rings. The number of carbonyl (C=O) groups excluding carboxylic acids is 3. The van der Waals surface area contributed by atoms with Gasteiger partial charge in [0.25, 0.3) is 0 Å². The molecule has 1 saturated heterocycles. The molecule has 198 valence electrons. The number of anilines is 1. The Hall–Kier alpha value is -4.00. The lowest BCUT2D eigenvalue weighted by molar-refractivity contribution is -0.137. The molecule has 7 heteroatoms. The Morgan fingerprint density at radius 3 is 1.56 bits per heavy atom. The molecule has 3 aromatic rings. The third kappa shape index (κ3) is 3.10. The van der Waals surface area contributed by atoms with Crippen LogP contribution in [0, 0.1) is 22.7 Å². The van der Waals surface area contributed by atoms with Crippen molar-refractivity contribution in [1.29, 1.82) is 0 Å². The molecular formula is C32H26F3NO3. The van der Waals surface area contributed by atoms with E-state index in [0.717, 1.165) is 39.3 Å². The number of Topliss-reactive ketones (excluding diaryl/α,β-unsaturated/α-hetero) is 1. The second-order valence-corrected chi connectivity index (χ2v) is 10.5. The van der Waals surface area contributed by atoms with E-state index >= 15 is 0 Å². The number of halogens is 3. The molecular weight excluding hydrogens is 503 g/mol. The second-order valence-electron chi connectivity index (χ2n) is 10.5. The van der Waals surface area contributed by atoms with E-state index in [1.165, 1.54) is 12.1 Å². The predicted octanol–water partition coefficient (Wildman–Crippen LogP) is 6.81. The Balaban J connectivity index is 1.63. The number of allylic oxidation sites excluding steroid dienone is 2. The minimum atomic E-state index is -4.63. The molecule has 2 amide bonds.